The van der Waals surface area contributed by atoms with Crippen molar-refractivity contribution in [3.63, 3.8) is 0 Å². The van der Waals surface area contributed by atoms with Crippen LogP contribution in [0.25, 0.3) is 0 Å². The molecule has 0 saturated carbocycles. The van der Waals surface area contributed by atoms with E-state index in [0.29, 0.717) is 12.5 Å². The summed E-state index contributed by atoms with van der Waals surface area (Å²) in [6.07, 6.45) is 3.58. The summed E-state index contributed by atoms with van der Waals surface area (Å²) in [5.41, 5.74) is 0. The fourth-order valence-electron chi connectivity index (χ4n) is 2.55. The molecule has 1 saturated heterocycles. The third-order valence-electron chi connectivity index (χ3n) is 3.70. The van der Waals surface area contributed by atoms with Crippen LogP contribution >= 0.6 is 0 Å². The van der Waals surface area contributed by atoms with Crippen molar-refractivity contribution in [2.45, 2.75) is 19.8 Å². The quantitative estimate of drug-likeness (QED) is 0.840. The minimum Gasteiger partial charge on any atom is -0.381 e. The summed E-state index contributed by atoms with van der Waals surface area (Å²) in [4.78, 5) is 20.4. The minimum absolute atomic E-state index is 0.0563. The van der Waals surface area contributed by atoms with Crippen LogP contribution in [0.1, 0.15) is 18.7 Å². The van der Waals surface area contributed by atoms with Crippen molar-refractivity contribution in [2.24, 2.45) is 11.8 Å². The summed E-state index contributed by atoms with van der Waals surface area (Å²) in [5.74, 6) is 1.87. The fourth-order valence-corrected chi connectivity index (χ4v) is 2.55. The van der Waals surface area contributed by atoms with Gasteiger partial charge in [-0.15, -0.1) is 0 Å². The molecule has 6 heteroatoms. The van der Waals surface area contributed by atoms with E-state index in [1.807, 2.05) is 13.0 Å². The normalized spacial score (nSPS) is 17.5. The number of nitrogens with one attached hydrogen (secondary N) is 2. The maximum atomic E-state index is 12.1. The average molecular weight is 278 g/mol. The van der Waals surface area contributed by atoms with Crippen molar-refractivity contribution in [3.8, 4) is 0 Å². The molecule has 110 valence electrons. The maximum absolute atomic E-state index is 12.1. The molecule has 20 heavy (non-hydrogen) atoms. The van der Waals surface area contributed by atoms with Crippen molar-refractivity contribution < 1.29 is 9.53 Å². The van der Waals surface area contributed by atoms with Gasteiger partial charge in [-0.2, -0.15) is 0 Å². The highest BCUT2D eigenvalue weighted by molar-refractivity contribution is 5.79. The summed E-state index contributed by atoms with van der Waals surface area (Å²) < 4.78 is 5.37. The van der Waals surface area contributed by atoms with E-state index in [-0.39, 0.29) is 11.8 Å². The molecule has 1 unspecified atom stereocenters. The van der Waals surface area contributed by atoms with Gasteiger partial charge in [0.15, 0.2) is 0 Å². The molecule has 1 fully saturated rings. The maximum Gasteiger partial charge on any atom is 0.224 e. The second-order valence-electron chi connectivity index (χ2n) is 5.04. The predicted molar refractivity (Wildman–Crippen MR) is 76.4 cm³/mol. The third-order valence-corrected chi connectivity index (χ3v) is 3.70. The Kier molecular flexibility index (Phi) is 5.29. The molecule has 1 aliphatic heterocycles. The van der Waals surface area contributed by atoms with E-state index in [1.54, 1.807) is 13.2 Å². The first-order valence-electron chi connectivity index (χ1n) is 7.03. The lowest BCUT2D eigenvalue weighted by Crippen LogP contribution is -2.39. The van der Waals surface area contributed by atoms with Gasteiger partial charge in [0.2, 0.25) is 5.91 Å². The van der Waals surface area contributed by atoms with Gasteiger partial charge in [-0.1, -0.05) is 0 Å². The molecule has 1 atom stereocenters. The monoisotopic (exact) mass is 278 g/mol. The van der Waals surface area contributed by atoms with Crippen LogP contribution in [-0.2, 0) is 9.53 Å². The van der Waals surface area contributed by atoms with Crippen LogP contribution in [0.3, 0.4) is 0 Å². The molecule has 1 aromatic heterocycles. The van der Waals surface area contributed by atoms with Gasteiger partial charge < -0.3 is 15.4 Å². The Labute approximate surface area is 119 Å². The van der Waals surface area contributed by atoms with Gasteiger partial charge in [-0.3, -0.25) is 4.79 Å². The zero-order valence-electron chi connectivity index (χ0n) is 12.1. The van der Waals surface area contributed by atoms with Crippen LogP contribution in [0.15, 0.2) is 12.3 Å². The first-order chi connectivity index (χ1) is 9.70. The van der Waals surface area contributed by atoms with Crippen LogP contribution < -0.4 is 10.6 Å². The van der Waals surface area contributed by atoms with Gasteiger partial charge in [0.1, 0.15) is 11.6 Å². The summed E-state index contributed by atoms with van der Waals surface area (Å²) in [6.45, 7) is 3.91. The molecule has 1 aliphatic rings. The Morgan fingerprint density at radius 2 is 2.25 bits per heavy atom. The number of aryl methyl sites for hydroxylation is 1. The molecular formula is C14H22N4O2. The van der Waals surface area contributed by atoms with Gasteiger partial charge in [-0.25, -0.2) is 9.97 Å². The molecule has 2 N–H and O–H groups in total. The highest BCUT2D eigenvalue weighted by Crippen LogP contribution is 2.24. The van der Waals surface area contributed by atoms with Crippen molar-refractivity contribution in [3.05, 3.63) is 18.1 Å². The van der Waals surface area contributed by atoms with Crippen LogP contribution in [0.2, 0.25) is 0 Å². The van der Waals surface area contributed by atoms with E-state index in [1.165, 1.54) is 0 Å². The Morgan fingerprint density at radius 3 is 2.90 bits per heavy atom. The van der Waals surface area contributed by atoms with Crippen LogP contribution in [-0.4, -0.2) is 42.7 Å². The van der Waals surface area contributed by atoms with Crippen molar-refractivity contribution in [2.75, 3.05) is 32.1 Å². The Morgan fingerprint density at radius 1 is 1.50 bits per heavy atom. The smallest absolute Gasteiger partial charge is 0.224 e. The van der Waals surface area contributed by atoms with Crippen LogP contribution in [0.5, 0.6) is 0 Å². The lowest BCUT2D eigenvalue weighted by molar-refractivity contribution is -0.126. The first kappa shape index (κ1) is 14.7. The average Bonchev–Trinajstić information content (AvgIpc) is 2.48. The van der Waals surface area contributed by atoms with Gasteiger partial charge in [0.25, 0.3) is 0 Å². The lowest BCUT2D eigenvalue weighted by atomic mass is 9.85. The van der Waals surface area contributed by atoms with E-state index in [9.17, 15) is 4.79 Å². The predicted octanol–water partition coefficient (Wildman–Crippen LogP) is 0.986. The highest BCUT2D eigenvalue weighted by atomic mass is 16.5. The second kappa shape index (κ2) is 7.19. The van der Waals surface area contributed by atoms with Crippen LogP contribution in [0, 0.1) is 18.8 Å². The number of ether oxygens (including phenoxy) is 1. The van der Waals surface area contributed by atoms with Gasteiger partial charge in [-0.05, 0) is 31.7 Å². The van der Waals surface area contributed by atoms with E-state index in [0.717, 1.165) is 37.7 Å². The first-order valence-corrected chi connectivity index (χ1v) is 7.03. The van der Waals surface area contributed by atoms with Gasteiger partial charge in [0, 0.05) is 33.0 Å². The number of carbonyl (C=O) groups is 1. The summed E-state index contributed by atoms with van der Waals surface area (Å²) in [7, 11) is 1.68. The molecule has 1 amide bonds. The molecule has 2 heterocycles. The SMILES string of the molecule is CNC(=O)C(CNc1ccnc(C)n1)C1CCOCC1. The second-order valence-corrected chi connectivity index (χ2v) is 5.04. The number of amides is 1. The molecule has 0 aliphatic carbocycles. The number of rotatable bonds is 5. The largest absolute Gasteiger partial charge is 0.381 e. The number of nitrogens with zero attached hydrogens (tertiary/aromatic N) is 2. The molecule has 0 spiro atoms. The van der Waals surface area contributed by atoms with E-state index < -0.39 is 0 Å². The third kappa shape index (κ3) is 3.90. The van der Waals surface area contributed by atoms with E-state index in [4.69, 9.17) is 4.74 Å². The summed E-state index contributed by atoms with van der Waals surface area (Å²) in [5, 5.41) is 6.00. The van der Waals surface area contributed by atoms with Gasteiger partial charge in [0.05, 0.1) is 5.92 Å². The highest BCUT2D eigenvalue weighted by Gasteiger charge is 2.29. The van der Waals surface area contributed by atoms with Crippen molar-refractivity contribution >= 4 is 11.7 Å². The van der Waals surface area contributed by atoms with E-state index >= 15 is 0 Å². The standard InChI is InChI=1S/C14H22N4O2/c1-10-16-6-3-13(18-10)17-9-12(14(19)15-2)11-4-7-20-8-5-11/h3,6,11-12H,4-5,7-9H2,1-2H3,(H,15,19)(H,16,17,18). The number of carbonyl (C=O) groups excluding carboxylic acids is 1. The number of hydrogen-bond acceptors (Lipinski definition) is 5. The summed E-state index contributed by atoms with van der Waals surface area (Å²) in [6, 6.07) is 1.82. The molecule has 0 aromatic carbocycles. The molecule has 6 nitrogen and oxygen atoms in total. The molecule has 2 rings (SSSR count). The van der Waals surface area contributed by atoms with Crippen molar-refractivity contribution in [1.82, 2.24) is 15.3 Å². The van der Waals surface area contributed by atoms with Crippen molar-refractivity contribution in [1.29, 1.82) is 0 Å². The molecule has 1 aromatic rings. The Hall–Kier alpha value is -1.69. The number of aromatic nitrogens is 2. The fraction of sp³-hybridized carbons (Fsp3) is 0.643. The number of hydrogen-bond donors (Lipinski definition) is 2. The molecular weight excluding hydrogens is 256 g/mol. The molecule has 0 radical (unpaired) electrons. The number of anilines is 1. The Bertz CT molecular complexity index is 447. The lowest BCUT2D eigenvalue weighted by Gasteiger charge is -2.29. The van der Waals surface area contributed by atoms with Crippen LogP contribution in [0.4, 0.5) is 5.82 Å². The minimum atomic E-state index is -0.0563. The zero-order valence-corrected chi connectivity index (χ0v) is 12.1. The Balaban J connectivity index is 1.98. The molecule has 0 bridgehead atoms. The topological polar surface area (TPSA) is 76.1 Å². The van der Waals surface area contributed by atoms with Gasteiger partial charge >= 0.3 is 0 Å². The zero-order chi connectivity index (χ0) is 14.4. The van der Waals surface area contributed by atoms with E-state index in [2.05, 4.69) is 20.6 Å². The summed E-state index contributed by atoms with van der Waals surface area (Å²) >= 11 is 0.